The van der Waals surface area contributed by atoms with E-state index in [-0.39, 0.29) is 0 Å². The Labute approximate surface area is 115 Å². The zero-order valence-corrected chi connectivity index (χ0v) is 12.3. The van der Waals surface area contributed by atoms with Crippen LogP contribution < -0.4 is 5.32 Å². The van der Waals surface area contributed by atoms with E-state index in [1.807, 2.05) is 13.8 Å². The molecular weight excluding hydrogens is 238 g/mol. The minimum absolute atomic E-state index is 0.612. The maximum Gasteiger partial charge on any atom is 0.166 e. The fraction of sp³-hybridized carbons (Fsp3) is 0.643. The van der Waals surface area contributed by atoms with Crippen LogP contribution in [0.25, 0.3) is 0 Å². The van der Waals surface area contributed by atoms with Gasteiger partial charge in [0, 0.05) is 13.1 Å². The minimum Gasteiger partial charge on any atom is -0.366 e. The number of rotatable bonds is 7. The molecular formula is C14H23N5. The zero-order chi connectivity index (χ0) is 14.3. The maximum absolute atomic E-state index is 9.34. The van der Waals surface area contributed by atoms with Crippen molar-refractivity contribution in [3.63, 3.8) is 0 Å². The van der Waals surface area contributed by atoms with Crippen molar-refractivity contribution in [2.45, 2.75) is 33.6 Å². The number of nitrogens with zero attached hydrogens (tertiary/aromatic N) is 4. The van der Waals surface area contributed by atoms with Crippen molar-refractivity contribution >= 4 is 5.82 Å². The van der Waals surface area contributed by atoms with Crippen molar-refractivity contribution in [3.05, 3.63) is 16.8 Å². The van der Waals surface area contributed by atoms with Crippen molar-refractivity contribution in [2.24, 2.45) is 0 Å². The second kappa shape index (κ2) is 7.70. The molecule has 1 rings (SSSR count). The lowest BCUT2D eigenvalue weighted by atomic mass is 10.0. The second-order valence-electron chi connectivity index (χ2n) is 4.49. The Kier molecular flexibility index (Phi) is 6.23. The van der Waals surface area contributed by atoms with Crippen LogP contribution in [0.15, 0.2) is 0 Å². The molecule has 0 aromatic carbocycles. The molecule has 0 spiro atoms. The van der Waals surface area contributed by atoms with Crippen LogP contribution in [-0.4, -0.2) is 41.8 Å². The van der Waals surface area contributed by atoms with Gasteiger partial charge in [-0.05, 0) is 32.0 Å². The fourth-order valence-electron chi connectivity index (χ4n) is 1.94. The van der Waals surface area contributed by atoms with Gasteiger partial charge in [-0.2, -0.15) is 10.4 Å². The van der Waals surface area contributed by atoms with E-state index in [1.165, 1.54) is 0 Å². The van der Waals surface area contributed by atoms with Crippen molar-refractivity contribution in [1.29, 1.82) is 5.26 Å². The van der Waals surface area contributed by atoms with Gasteiger partial charge in [-0.25, -0.2) is 0 Å². The Hall–Kier alpha value is -1.67. The molecule has 1 aromatic rings. The highest BCUT2D eigenvalue weighted by molar-refractivity contribution is 5.56. The third-order valence-corrected chi connectivity index (χ3v) is 3.28. The molecule has 0 amide bonds. The molecule has 104 valence electrons. The molecule has 0 saturated carbocycles. The first-order valence-corrected chi connectivity index (χ1v) is 6.88. The Morgan fingerprint density at radius 1 is 1.21 bits per heavy atom. The molecule has 19 heavy (non-hydrogen) atoms. The van der Waals surface area contributed by atoms with Crippen LogP contribution in [0.3, 0.4) is 0 Å². The van der Waals surface area contributed by atoms with E-state index in [4.69, 9.17) is 0 Å². The summed E-state index contributed by atoms with van der Waals surface area (Å²) in [6.45, 7) is 8.89. The van der Waals surface area contributed by atoms with Crippen LogP contribution in [0, 0.1) is 11.3 Å². The van der Waals surface area contributed by atoms with Gasteiger partial charge in [0.25, 0.3) is 0 Å². The number of aryl methyl sites for hydroxylation is 1. The van der Waals surface area contributed by atoms with E-state index in [9.17, 15) is 5.26 Å². The standard InChI is InChI=1S/C14H23N5/c1-5-11-12(10-15)14(18-17-13(11)6-2)16-8-9-19(4)7-3/h5-9H2,1-4H3,(H,16,18). The maximum atomic E-state index is 9.34. The Morgan fingerprint density at radius 2 is 1.95 bits per heavy atom. The van der Waals surface area contributed by atoms with Crippen LogP contribution in [0.1, 0.15) is 37.6 Å². The molecule has 1 aromatic heterocycles. The number of hydrogen-bond donors (Lipinski definition) is 1. The average molecular weight is 261 g/mol. The van der Waals surface area contributed by atoms with Crippen molar-refractivity contribution in [1.82, 2.24) is 15.1 Å². The first-order chi connectivity index (χ1) is 9.17. The third-order valence-electron chi connectivity index (χ3n) is 3.28. The largest absolute Gasteiger partial charge is 0.366 e. The first kappa shape index (κ1) is 15.4. The molecule has 0 aliphatic rings. The quantitative estimate of drug-likeness (QED) is 0.811. The Balaban J connectivity index is 2.87. The Morgan fingerprint density at radius 3 is 2.47 bits per heavy atom. The second-order valence-corrected chi connectivity index (χ2v) is 4.49. The van der Waals surface area contributed by atoms with Gasteiger partial charge < -0.3 is 10.2 Å². The van der Waals surface area contributed by atoms with Gasteiger partial charge in [-0.15, -0.1) is 5.10 Å². The van der Waals surface area contributed by atoms with Gasteiger partial charge in [-0.3, -0.25) is 0 Å². The van der Waals surface area contributed by atoms with E-state index < -0.39 is 0 Å². The monoisotopic (exact) mass is 261 g/mol. The van der Waals surface area contributed by atoms with E-state index in [0.717, 1.165) is 43.7 Å². The lowest BCUT2D eigenvalue weighted by Gasteiger charge is -2.15. The summed E-state index contributed by atoms with van der Waals surface area (Å²) < 4.78 is 0. The normalized spacial score (nSPS) is 10.5. The highest BCUT2D eigenvalue weighted by Gasteiger charge is 2.13. The van der Waals surface area contributed by atoms with E-state index in [1.54, 1.807) is 0 Å². The average Bonchev–Trinajstić information content (AvgIpc) is 2.45. The van der Waals surface area contributed by atoms with E-state index in [2.05, 4.69) is 40.5 Å². The summed E-state index contributed by atoms with van der Waals surface area (Å²) >= 11 is 0. The summed E-state index contributed by atoms with van der Waals surface area (Å²) in [6, 6.07) is 2.26. The summed E-state index contributed by atoms with van der Waals surface area (Å²) in [7, 11) is 2.07. The van der Waals surface area contributed by atoms with Gasteiger partial charge in [0.2, 0.25) is 0 Å². The fourth-order valence-corrected chi connectivity index (χ4v) is 1.94. The van der Waals surface area contributed by atoms with Crippen LogP contribution in [-0.2, 0) is 12.8 Å². The van der Waals surface area contributed by atoms with Gasteiger partial charge >= 0.3 is 0 Å². The van der Waals surface area contributed by atoms with Crippen LogP contribution >= 0.6 is 0 Å². The molecule has 0 aliphatic carbocycles. The molecule has 0 fully saturated rings. The van der Waals surface area contributed by atoms with Crippen molar-refractivity contribution < 1.29 is 0 Å². The van der Waals surface area contributed by atoms with Crippen LogP contribution in [0.2, 0.25) is 0 Å². The predicted octanol–water partition coefficient (Wildman–Crippen LogP) is 1.84. The van der Waals surface area contributed by atoms with Crippen LogP contribution in [0.5, 0.6) is 0 Å². The lowest BCUT2D eigenvalue weighted by Crippen LogP contribution is -2.25. The smallest absolute Gasteiger partial charge is 0.166 e. The topological polar surface area (TPSA) is 64.8 Å². The number of nitrogens with one attached hydrogen (secondary N) is 1. The lowest BCUT2D eigenvalue weighted by molar-refractivity contribution is 0.367. The van der Waals surface area contributed by atoms with E-state index in [0.29, 0.717) is 11.4 Å². The zero-order valence-electron chi connectivity index (χ0n) is 12.3. The molecule has 1 N–H and O–H groups in total. The SMILES string of the molecule is CCc1nnc(NCCN(C)CC)c(C#N)c1CC. The van der Waals surface area contributed by atoms with Crippen molar-refractivity contribution in [3.8, 4) is 6.07 Å². The highest BCUT2D eigenvalue weighted by atomic mass is 15.2. The third kappa shape index (κ3) is 3.90. The molecule has 0 unspecified atom stereocenters. The number of aromatic nitrogens is 2. The van der Waals surface area contributed by atoms with Gasteiger partial charge in [0.1, 0.15) is 11.6 Å². The molecule has 0 saturated heterocycles. The summed E-state index contributed by atoms with van der Waals surface area (Å²) in [5.74, 6) is 0.612. The molecule has 0 aliphatic heterocycles. The van der Waals surface area contributed by atoms with Gasteiger partial charge in [0.15, 0.2) is 5.82 Å². The minimum atomic E-state index is 0.612. The van der Waals surface area contributed by atoms with Gasteiger partial charge in [-0.1, -0.05) is 20.8 Å². The van der Waals surface area contributed by atoms with Crippen molar-refractivity contribution in [2.75, 3.05) is 32.0 Å². The predicted molar refractivity (Wildman–Crippen MR) is 77.2 cm³/mol. The molecule has 0 atom stereocenters. The molecule has 5 heteroatoms. The molecule has 0 radical (unpaired) electrons. The van der Waals surface area contributed by atoms with Crippen LogP contribution in [0.4, 0.5) is 5.82 Å². The number of anilines is 1. The molecule has 1 heterocycles. The number of nitriles is 1. The molecule has 5 nitrogen and oxygen atoms in total. The highest BCUT2D eigenvalue weighted by Crippen LogP contribution is 2.19. The van der Waals surface area contributed by atoms with Gasteiger partial charge in [0.05, 0.1) is 5.69 Å². The summed E-state index contributed by atoms with van der Waals surface area (Å²) in [5.41, 5.74) is 2.59. The summed E-state index contributed by atoms with van der Waals surface area (Å²) in [4.78, 5) is 2.20. The first-order valence-electron chi connectivity index (χ1n) is 6.88. The van der Waals surface area contributed by atoms with E-state index >= 15 is 0 Å². The number of likely N-dealkylation sites (N-methyl/N-ethyl adjacent to an activating group) is 1. The summed E-state index contributed by atoms with van der Waals surface area (Å²) in [6.07, 6.45) is 1.62. The molecule has 0 bridgehead atoms. The Bertz CT molecular complexity index is 450. The number of hydrogen-bond acceptors (Lipinski definition) is 5. The summed E-state index contributed by atoms with van der Waals surface area (Å²) in [5, 5.41) is 20.9.